The number of aromatic nitrogens is 3. The van der Waals surface area contributed by atoms with Crippen LogP contribution < -0.4 is 20.7 Å². The molecule has 34 heavy (non-hydrogen) atoms. The molecule has 4 aromatic rings. The van der Waals surface area contributed by atoms with Gasteiger partial charge in [0, 0.05) is 30.3 Å². The molecule has 3 heterocycles. The van der Waals surface area contributed by atoms with Crippen molar-refractivity contribution in [3.05, 3.63) is 101 Å². The predicted octanol–water partition coefficient (Wildman–Crippen LogP) is 3.72. The van der Waals surface area contributed by atoms with E-state index in [4.69, 9.17) is 0 Å². The molecule has 0 saturated carbocycles. The Balaban J connectivity index is 1.61. The number of aromatic amines is 1. The second-order valence-corrected chi connectivity index (χ2v) is 7.77. The number of amides is 2. The van der Waals surface area contributed by atoms with Crippen LogP contribution in [0.25, 0.3) is 0 Å². The number of hydrogen-bond acceptors (Lipinski definition) is 6. The summed E-state index contributed by atoms with van der Waals surface area (Å²) in [5, 5.41) is 12.5. The van der Waals surface area contributed by atoms with Crippen molar-refractivity contribution in [3.63, 3.8) is 0 Å². The van der Waals surface area contributed by atoms with Crippen molar-refractivity contribution in [3.8, 4) is 0 Å². The summed E-state index contributed by atoms with van der Waals surface area (Å²) < 4.78 is 0. The molecular formula is C25H22N6O3. The van der Waals surface area contributed by atoms with Gasteiger partial charge in [0.2, 0.25) is 5.95 Å². The fraction of sp³-hybridized carbons (Fsp3) is 0.120. The highest BCUT2D eigenvalue weighted by atomic mass is 16.3. The SMILES string of the molecule is O=C1N(c2ccc[nH]c2=O)Cc2cnc(Nc3ccccc3)nc2N1c1cccc(CCO)c1. The fourth-order valence-corrected chi connectivity index (χ4v) is 3.89. The molecule has 2 aromatic carbocycles. The molecular weight excluding hydrogens is 432 g/mol. The Morgan fingerprint density at radius 1 is 1.03 bits per heavy atom. The van der Waals surface area contributed by atoms with Gasteiger partial charge in [-0.05, 0) is 48.4 Å². The standard InChI is InChI=1S/C25H22N6O3/c32-13-11-17-6-4-9-20(14-17)31-22-18(15-27-24(29-22)28-19-7-2-1-3-8-19)16-30(25(31)34)21-10-5-12-26-23(21)33/h1-10,12,14-15,32H,11,13,16H2,(H,26,33)(H,27,28,29). The van der Waals surface area contributed by atoms with E-state index in [1.165, 1.54) is 16.0 Å². The van der Waals surface area contributed by atoms with E-state index < -0.39 is 6.03 Å². The van der Waals surface area contributed by atoms with Crippen LogP contribution >= 0.6 is 0 Å². The molecule has 3 N–H and O–H groups in total. The summed E-state index contributed by atoms with van der Waals surface area (Å²) in [6, 6.07) is 19.7. The van der Waals surface area contributed by atoms with Gasteiger partial charge in [-0.1, -0.05) is 30.3 Å². The zero-order valence-electron chi connectivity index (χ0n) is 18.2. The summed E-state index contributed by atoms with van der Waals surface area (Å²) in [4.78, 5) is 40.8. The Bertz CT molecular complexity index is 1390. The second-order valence-electron chi connectivity index (χ2n) is 7.77. The van der Waals surface area contributed by atoms with Gasteiger partial charge < -0.3 is 15.4 Å². The highest BCUT2D eigenvalue weighted by molar-refractivity contribution is 6.10. The van der Waals surface area contributed by atoms with Gasteiger partial charge in [-0.3, -0.25) is 9.69 Å². The fourth-order valence-electron chi connectivity index (χ4n) is 3.89. The summed E-state index contributed by atoms with van der Waals surface area (Å²) in [6.07, 6.45) is 3.64. The Labute approximate surface area is 195 Å². The molecule has 9 heteroatoms. The number of hydrogen-bond donors (Lipinski definition) is 3. The summed E-state index contributed by atoms with van der Waals surface area (Å²) in [7, 11) is 0. The molecule has 2 aromatic heterocycles. The number of aliphatic hydroxyl groups is 1. The number of anilines is 5. The van der Waals surface area contributed by atoms with Crippen molar-refractivity contribution < 1.29 is 9.90 Å². The lowest BCUT2D eigenvalue weighted by Crippen LogP contribution is -2.47. The minimum absolute atomic E-state index is 0.00713. The van der Waals surface area contributed by atoms with Crippen LogP contribution in [-0.2, 0) is 13.0 Å². The zero-order chi connectivity index (χ0) is 23.5. The number of carbonyl (C=O) groups excluding carboxylic acids is 1. The van der Waals surface area contributed by atoms with Crippen molar-refractivity contribution >= 4 is 34.9 Å². The molecule has 0 bridgehead atoms. The molecule has 170 valence electrons. The van der Waals surface area contributed by atoms with E-state index >= 15 is 0 Å². The van der Waals surface area contributed by atoms with E-state index in [0.717, 1.165) is 11.3 Å². The predicted molar refractivity (Wildman–Crippen MR) is 130 cm³/mol. The molecule has 0 saturated heterocycles. The van der Waals surface area contributed by atoms with Gasteiger partial charge in [-0.25, -0.2) is 14.7 Å². The van der Waals surface area contributed by atoms with E-state index in [1.54, 1.807) is 24.4 Å². The lowest BCUT2D eigenvalue weighted by molar-refractivity contribution is 0.252. The Hall–Kier alpha value is -4.50. The van der Waals surface area contributed by atoms with Crippen LogP contribution in [0, 0.1) is 0 Å². The van der Waals surface area contributed by atoms with Crippen LogP contribution in [0.2, 0.25) is 0 Å². The zero-order valence-corrected chi connectivity index (χ0v) is 18.2. The maximum absolute atomic E-state index is 13.7. The molecule has 1 aliphatic heterocycles. The van der Waals surface area contributed by atoms with Crippen LogP contribution in [-0.4, -0.2) is 32.7 Å². The summed E-state index contributed by atoms with van der Waals surface area (Å²) in [6.45, 7) is 0.145. The van der Waals surface area contributed by atoms with Crippen molar-refractivity contribution in [2.24, 2.45) is 0 Å². The number of benzene rings is 2. The van der Waals surface area contributed by atoms with Crippen molar-refractivity contribution in [2.75, 3.05) is 21.7 Å². The smallest absolute Gasteiger partial charge is 0.335 e. The first kappa shape index (κ1) is 21.4. The van der Waals surface area contributed by atoms with Crippen molar-refractivity contribution in [2.45, 2.75) is 13.0 Å². The summed E-state index contributed by atoms with van der Waals surface area (Å²) >= 11 is 0. The third-order valence-electron chi connectivity index (χ3n) is 5.49. The van der Waals surface area contributed by atoms with Crippen LogP contribution in [0.5, 0.6) is 0 Å². The van der Waals surface area contributed by atoms with Crippen LogP contribution in [0.15, 0.2) is 83.9 Å². The van der Waals surface area contributed by atoms with Gasteiger partial charge in [0.15, 0.2) is 5.82 Å². The topological polar surface area (TPSA) is 114 Å². The highest BCUT2D eigenvalue weighted by Gasteiger charge is 2.35. The minimum atomic E-state index is -0.408. The van der Waals surface area contributed by atoms with E-state index in [1.807, 2.05) is 48.5 Å². The quantitative estimate of drug-likeness (QED) is 0.409. The third kappa shape index (κ3) is 4.12. The number of carbonyl (C=O) groups is 1. The van der Waals surface area contributed by atoms with E-state index in [-0.39, 0.29) is 24.4 Å². The molecule has 2 amide bonds. The first-order valence-electron chi connectivity index (χ1n) is 10.8. The molecule has 9 nitrogen and oxygen atoms in total. The van der Waals surface area contributed by atoms with E-state index in [9.17, 15) is 14.7 Å². The van der Waals surface area contributed by atoms with E-state index in [0.29, 0.717) is 29.4 Å². The molecule has 1 aliphatic rings. The number of fused-ring (bicyclic) bond motifs is 1. The Morgan fingerprint density at radius 3 is 2.68 bits per heavy atom. The third-order valence-corrected chi connectivity index (χ3v) is 5.49. The number of H-pyrrole nitrogens is 1. The van der Waals surface area contributed by atoms with E-state index in [2.05, 4.69) is 20.3 Å². The highest BCUT2D eigenvalue weighted by Crippen LogP contribution is 2.35. The van der Waals surface area contributed by atoms with Gasteiger partial charge in [0.05, 0.1) is 12.2 Å². The molecule has 0 aliphatic carbocycles. The van der Waals surface area contributed by atoms with Gasteiger partial charge in [-0.15, -0.1) is 0 Å². The molecule has 0 unspecified atom stereocenters. The van der Waals surface area contributed by atoms with Gasteiger partial charge in [0.1, 0.15) is 5.69 Å². The van der Waals surface area contributed by atoms with Crippen LogP contribution in [0.4, 0.5) is 33.6 Å². The molecule has 0 radical (unpaired) electrons. The molecule has 0 atom stereocenters. The first-order chi connectivity index (χ1) is 16.6. The maximum atomic E-state index is 13.7. The first-order valence-corrected chi connectivity index (χ1v) is 10.8. The minimum Gasteiger partial charge on any atom is -0.396 e. The Kier molecular flexibility index (Phi) is 5.75. The number of para-hydroxylation sites is 1. The Morgan fingerprint density at radius 2 is 1.88 bits per heavy atom. The number of urea groups is 1. The van der Waals surface area contributed by atoms with Gasteiger partial charge >= 0.3 is 6.03 Å². The summed E-state index contributed by atoms with van der Waals surface area (Å²) in [5.41, 5.74) is 2.84. The monoisotopic (exact) mass is 454 g/mol. The average molecular weight is 454 g/mol. The molecule has 0 fully saturated rings. The molecule has 0 spiro atoms. The lowest BCUT2D eigenvalue weighted by Gasteiger charge is -2.35. The number of nitrogens with zero attached hydrogens (tertiary/aromatic N) is 4. The van der Waals surface area contributed by atoms with Crippen LogP contribution in [0.1, 0.15) is 11.1 Å². The lowest BCUT2D eigenvalue weighted by atomic mass is 10.1. The largest absolute Gasteiger partial charge is 0.396 e. The molecule has 5 rings (SSSR count). The van der Waals surface area contributed by atoms with Gasteiger partial charge in [0.25, 0.3) is 5.56 Å². The second kappa shape index (κ2) is 9.16. The van der Waals surface area contributed by atoms with Gasteiger partial charge in [-0.2, -0.15) is 4.98 Å². The maximum Gasteiger partial charge on any atom is 0.335 e. The van der Waals surface area contributed by atoms with Crippen molar-refractivity contribution in [1.29, 1.82) is 0 Å². The number of pyridine rings is 1. The summed E-state index contributed by atoms with van der Waals surface area (Å²) in [5.74, 6) is 0.781. The number of aliphatic hydroxyl groups excluding tert-OH is 1. The number of nitrogens with one attached hydrogen (secondary N) is 2. The van der Waals surface area contributed by atoms with Crippen molar-refractivity contribution in [1.82, 2.24) is 15.0 Å². The van der Waals surface area contributed by atoms with Crippen LogP contribution in [0.3, 0.4) is 0 Å². The normalized spacial score (nSPS) is 13.0. The average Bonchev–Trinajstić information content (AvgIpc) is 2.85. The number of rotatable bonds is 6.